The van der Waals surface area contributed by atoms with E-state index in [1.165, 1.54) is 6.08 Å². The number of benzene rings is 1. The van der Waals surface area contributed by atoms with E-state index in [1.54, 1.807) is 22.4 Å². The minimum absolute atomic E-state index is 0.0550. The number of fused-ring (bicyclic) bond motifs is 1. The number of nitrogens with one attached hydrogen (secondary N) is 1. The molecule has 0 saturated carbocycles. The Kier molecular flexibility index (Phi) is 5.48. The monoisotopic (exact) mass is 397 g/mol. The molecule has 1 aromatic carbocycles. The van der Waals surface area contributed by atoms with E-state index in [1.807, 2.05) is 29.2 Å². The van der Waals surface area contributed by atoms with Crippen LogP contribution in [0.15, 0.2) is 36.5 Å². The van der Waals surface area contributed by atoms with Gasteiger partial charge in [-0.2, -0.15) is 5.10 Å². The van der Waals surface area contributed by atoms with E-state index in [9.17, 15) is 9.59 Å². The van der Waals surface area contributed by atoms with Crippen LogP contribution < -0.4 is 15.1 Å². The third-order valence-corrected chi connectivity index (χ3v) is 5.14. The van der Waals surface area contributed by atoms with Crippen molar-refractivity contribution in [1.82, 2.24) is 20.2 Å². The van der Waals surface area contributed by atoms with E-state index < -0.39 is 5.91 Å². The number of ether oxygens (including phenoxy) is 1. The second-order valence-corrected chi connectivity index (χ2v) is 6.94. The molecule has 152 valence electrons. The molecule has 1 aromatic heterocycles. The van der Waals surface area contributed by atoms with Crippen molar-refractivity contribution in [3.8, 4) is 5.88 Å². The standard InChI is InChI=1S/C20H23N5O4/c26-18(22-28)7-6-15-4-1-2-5-17(15)23-9-11-24(12-10-23)19(27)16-14-21-25-8-3-13-29-20(16)25/h1-2,4-7,14,28H,3,8-13H2,(H,22,26). The lowest BCUT2D eigenvalue weighted by atomic mass is 10.1. The number of hydroxylamine groups is 1. The summed E-state index contributed by atoms with van der Waals surface area (Å²) >= 11 is 0. The highest BCUT2D eigenvalue weighted by Crippen LogP contribution is 2.26. The molecule has 2 amide bonds. The molecule has 29 heavy (non-hydrogen) atoms. The van der Waals surface area contributed by atoms with Gasteiger partial charge in [0.1, 0.15) is 5.56 Å². The molecule has 0 aliphatic carbocycles. The Bertz CT molecular complexity index is 931. The Morgan fingerprint density at radius 3 is 2.72 bits per heavy atom. The quantitative estimate of drug-likeness (QED) is 0.456. The minimum Gasteiger partial charge on any atom is -0.477 e. The SMILES string of the molecule is O=C(C=Cc1ccccc1N1CCN(C(=O)c2cnn3c2OCCC3)CC1)NO. The fraction of sp³-hybridized carbons (Fsp3) is 0.350. The van der Waals surface area contributed by atoms with Gasteiger partial charge in [0, 0.05) is 50.9 Å². The van der Waals surface area contributed by atoms with Crippen LogP contribution in [0.3, 0.4) is 0 Å². The van der Waals surface area contributed by atoms with Gasteiger partial charge >= 0.3 is 0 Å². The first kappa shape index (κ1) is 19.0. The first-order chi connectivity index (χ1) is 14.2. The summed E-state index contributed by atoms with van der Waals surface area (Å²) in [5.41, 5.74) is 3.96. The van der Waals surface area contributed by atoms with Gasteiger partial charge in [0.15, 0.2) is 0 Å². The number of para-hydroxylation sites is 1. The number of amides is 2. The van der Waals surface area contributed by atoms with E-state index in [0.29, 0.717) is 44.2 Å². The number of hydrogen-bond acceptors (Lipinski definition) is 6. The molecule has 4 rings (SSSR count). The van der Waals surface area contributed by atoms with E-state index in [2.05, 4.69) is 10.00 Å². The van der Waals surface area contributed by atoms with E-state index in [4.69, 9.17) is 9.94 Å². The van der Waals surface area contributed by atoms with Crippen molar-refractivity contribution in [3.63, 3.8) is 0 Å². The zero-order valence-electron chi connectivity index (χ0n) is 16.0. The molecule has 1 saturated heterocycles. The Labute approximate surface area is 168 Å². The highest BCUT2D eigenvalue weighted by molar-refractivity contribution is 5.96. The number of rotatable bonds is 4. The smallest absolute Gasteiger partial charge is 0.267 e. The van der Waals surface area contributed by atoms with Crippen molar-refractivity contribution in [1.29, 1.82) is 0 Å². The zero-order valence-corrected chi connectivity index (χ0v) is 16.0. The highest BCUT2D eigenvalue weighted by atomic mass is 16.5. The summed E-state index contributed by atoms with van der Waals surface area (Å²) in [4.78, 5) is 28.2. The molecule has 9 heteroatoms. The second-order valence-electron chi connectivity index (χ2n) is 6.94. The van der Waals surface area contributed by atoms with Gasteiger partial charge < -0.3 is 14.5 Å². The van der Waals surface area contributed by atoms with Gasteiger partial charge in [-0.1, -0.05) is 18.2 Å². The molecular formula is C20H23N5O4. The normalized spacial score (nSPS) is 16.4. The first-order valence-corrected chi connectivity index (χ1v) is 9.61. The number of aryl methyl sites for hydroxylation is 1. The second kappa shape index (κ2) is 8.36. The summed E-state index contributed by atoms with van der Waals surface area (Å²) in [6.45, 7) is 3.89. The maximum absolute atomic E-state index is 12.9. The third kappa shape index (κ3) is 3.95. The minimum atomic E-state index is -0.582. The van der Waals surface area contributed by atoms with Crippen molar-refractivity contribution in [3.05, 3.63) is 47.7 Å². The van der Waals surface area contributed by atoms with Gasteiger partial charge in [-0.15, -0.1) is 0 Å². The van der Waals surface area contributed by atoms with Crippen LogP contribution in [0.4, 0.5) is 5.69 Å². The molecule has 2 aliphatic rings. The van der Waals surface area contributed by atoms with Gasteiger partial charge in [-0.25, -0.2) is 10.2 Å². The number of carbonyl (C=O) groups is 2. The van der Waals surface area contributed by atoms with Crippen LogP contribution in [0.25, 0.3) is 6.08 Å². The third-order valence-electron chi connectivity index (χ3n) is 5.14. The summed E-state index contributed by atoms with van der Waals surface area (Å²) in [5.74, 6) is -0.0659. The molecule has 3 heterocycles. The number of piperazine rings is 1. The molecule has 2 aliphatic heterocycles. The molecule has 0 unspecified atom stereocenters. The van der Waals surface area contributed by atoms with E-state index in [0.717, 1.165) is 24.2 Å². The fourth-order valence-corrected chi connectivity index (χ4v) is 3.66. The van der Waals surface area contributed by atoms with Crippen molar-refractivity contribution in [2.75, 3.05) is 37.7 Å². The van der Waals surface area contributed by atoms with Gasteiger partial charge in [-0.3, -0.25) is 14.8 Å². The Morgan fingerprint density at radius 2 is 1.93 bits per heavy atom. The van der Waals surface area contributed by atoms with Crippen LogP contribution in [-0.2, 0) is 11.3 Å². The lowest BCUT2D eigenvalue weighted by Crippen LogP contribution is -2.49. The summed E-state index contributed by atoms with van der Waals surface area (Å²) < 4.78 is 7.40. The summed E-state index contributed by atoms with van der Waals surface area (Å²) in [7, 11) is 0. The summed E-state index contributed by atoms with van der Waals surface area (Å²) in [6.07, 6.45) is 5.44. The average Bonchev–Trinajstić information content (AvgIpc) is 3.21. The highest BCUT2D eigenvalue weighted by Gasteiger charge is 2.28. The topological polar surface area (TPSA) is 99.9 Å². The van der Waals surface area contributed by atoms with Crippen molar-refractivity contribution in [2.24, 2.45) is 0 Å². The Hall–Kier alpha value is -3.33. The van der Waals surface area contributed by atoms with Crippen LogP contribution in [0.1, 0.15) is 22.3 Å². The van der Waals surface area contributed by atoms with Crippen molar-refractivity contribution >= 4 is 23.6 Å². The summed E-state index contributed by atoms with van der Waals surface area (Å²) in [6, 6.07) is 7.72. The zero-order chi connectivity index (χ0) is 20.2. The largest absolute Gasteiger partial charge is 0.477 e. The molecule has 0 spiro atoms. The summed E-state index contributed by atoms with van der Waals surface area (Å²) in [5, 5.41) is 12.9. The van der Waals surface area contributed by atoms with Crippen LogP contribution in [0.2, 0.25) is 0 Å². The number of carbonyl (C=O) groups excluding carboxylic acids is 2. The van der Waals surface area contributed by atoms with Gasteiger partial charge in [0.25, 0.3) is 11.8 Å². The van der Waals surface area contributed by atoms with Gasteiger partial charge in [0.05, 0.1) is 12.8 Å². The molecule has 9 nitrogen and oxygen atoms in total. The van der Waals surface area contributed by atoms with E-state index in [-0.39, 0.29) is 5.91 Å². The van der Waals surface area contributed by atoms with Crippen molar-refractivity contribution < 1.29 is 19.5 Å². The fourth-order valence-electron chi connectivity index (χ4n) is 3.66. The predicted octanol–water partition coefficient (Wildman–Crippen LogP) is 1.15. The predicted molar refractivity (Wildman–Crippen MR) is 106 cm³/mol. The molecule has 0 atom stereocenters. The Morgan fingerprint density at radius 1 is 1.14 bits per heavy atom. The van der Waals surface area contributed by atoms with Crippen LogP contribution in [0.5, 0.6) is 5.88 Å². The number of aromatic nitrogens is 2. The van der Waals surface area contributed by atoms with E-state index >= 15 is 0 Å². The number of nitrogens with zero attached hydrogens (tertiary/aromatic N) is 4. The molecule has 2 aromatic rings. The number of hydrogen-bond donors (Lipinski definition) is 2. The molecule has 0 radical (unpaired) electrons. The van der Waals surface area contributed by atoms with Crippen LogP contribution in [0, 0.1) is 0 Å². The number of anilines is 1. The van der Waals surface area contributed by atoms with Crippen molar-refractivity contribution in [2.45, 2.75) is 13.0 Å². The molecule has 1 fully saturated rings. The molecular weight excluding hydrogens is 374 g/mol. The lowest BCUT2D eigenvalue weighted by molar-refractivity contribution is -0.124. The van der Waals surface area contributed by atoms with Gasteiger partial charge in [-0.05, 0) is 17.7 Å². The Balaban J connectivity index is 1.44. The molecule has 0 bridgehead atoms. The lowest BCUT2D eigenvalue weighted by Gasteiger charge is -2.36. The maximum Gasteiger partial charge on any atom is 0.267 e. The molecule has 2 N–H and O–H groups in total. The maximum atomic E-state index is 12.9. The average molecular weight is 397 g/mol. The van der Waals surface area contributed by atoms with Crippen LogP contribution in [-0.4, -0.2) is 64.5 Å². The van der Waals surface area contributed by atoms with Crippen LogP contribution >= 0.6 is 0 Å². The van der Waals surface area contributed by atoms with Gasteiger partial charge in [0.2, 0.25) is 5.88 Å². The first-order valence-electron chi connectivity index (χ1n) is 9.61.